The summed E-state index contributed by atoms with van der Waals surface area (Å²) >= 11 is 5.89. The first-order valence-electron chi connectivity index (χ1n) is 10.1. The monoisotopic (exact) mass is 458 g/mol. The number of ether oxygens (including phenoxy) is 1. The predicted molar refractivity (Wildman–Crippen MR) is 115 cm³/mol. The molecule has 0 aliphatic carbocycles. The maximum atomic E-state index is 14.7. The highest BCUT2D eigenvalue weighted by molar-refractivity contribution is 6.30. The number of amides is 1. The Morgan fingerprint density at radius 1 is 1.19 bits per heavy atom. The van der Waals surface area contributed by atoms with Gasteiger partial charge in [-0.25, -0.2) is 13.8 Å². The Morgan fingerprint density at radius 3 is 2.69 bits per heavy atom. The normalized spacial score (nSPS) is 19.1. The van der Waals surface area contributed by atoms with E-state index in [1.54, 1.807) is 30.0 Å². The maximum absolute atomic E-state index is 14.7. The highest BCUT2D eigenvalue weighted by Crippen LogP contribution is 2.38. The predicted octanol–water partition coefficient (Wildman–Crippen LogP) is 4.43. The minimum Gasteiger partial charge on any atom is -0.474 e. The van der Waals surface area contributed by atoms with Gasteiger partial charge in [-0.1, -0.05) is 17.7 Å². The zero-order chi connectivity index (χ0) is 22.8. The van der Waals surface area contributed by atoms with Crippen molar-refractivity contribution in [3.63, 3.8) is 0 Å². The van der Waals surface area contributed by atoms with E-state index in [0.717, 1.165) is 6.07 Å². The van der Waals surface area contributed by atoms with Crippen LogP contribution in [0.5, 0.6) is 5.88 Å². The Balaban J connectivity index is 1.62. The molecule has 0 bridgehead atoms. The van der Waals surface area contributed by atoms with Crippen molar-refractivity contribution in [3.8, 4) is 5.88 Å². The van der Waals surface area contributed by atoms with Gasteiger partial charge in [0.05, 0.1) is 22.5 Å². The molecule has 32 heavy (non-hydrogen) atoms. The summed E-state index contributed by atoms with van der Waals surface area (Å²) in [5.41, 5.74) is 1.37. The van der Waals surface area contributed by atoms with E-state index < -0.39 is 23.7 Å². The third-order valence-corrected chi connectivity index (χ3v) is 5.87. The van der Waals surface area contributed by atoms with Crippen LogP contribution in [0.2, 0.25) is 5.02 Å². The van der Waals surface area contributed by atoms with Crippen LogP contribution in [0.25, 0.3) is 0 Å². The van der Waals surface area contributed by atoms with Gasteiger partial charge in [-0.15, -0.1) is 0 Å². The molecule has 1 saturated heterocycles. The van der Waals surface area contributed by atoms with Gasteiger partial charge in [-0.2, -0.15) is 10.2 Å². The number of hydrogen-bond donors (Lipinski definition) is 0. The van der Waals surface area contributed by atoms with Crippen molar-refractivity contribution in [1.82, 2.24) is 20.1 Å². The Morgan fingerprint density at radius 2 is 2.00 bits per heavy atom. The maximum Gasteiger partial charge on any atom is 0.255 e. The molecule has 3 heterocycles. The molecule has 1 aliphatic rings. The average Bonchev–Trinajstić information content (AvgIpc) is 3.20. The summed E-state index contributed by atoms with van der Waals surface area (Å²) in [6, 6.07) is 8.49. The Kier molecular flexibility index (Phi) is 6.32. The van der Waals surface area contributed by atoms with Gasteiger partial charge < -0.3 is 9.64 Å². The molecule has 0 radical (unpaired) electrons. The molecule has 0 spiro atoms. The minimum atomic E-state index is -0.651. The zero-order valence-corrected chi connectivity index (χ0v) is 18.3. The Labute approximate surface area is 189 Å². The number of carbonyl (C=O) groups excluding carboxylic acids is 1. The molecule has 0 saturated carbocycles. The van der Waals surface area contributed by atoms with E-state index in [0.29, 0.717) is 34.3 Å². The highest BCUT2D eigenvalue weighted by Gasteiger charge is 2.41. The summed E-state index contributed by atoms with van der Waals surface area (Å²) in [6.45, 7) is 4.19. The first-order valence-corrected chi connectivity index (χ1v) is 10.5. The van der Waals surface area contributed by atoms with Gasteiger partial charge in [0.2, 0.25) is 5.88 Å². The number of halogens is 3. The van der Waals surface area contributed by atoms with Gasteiger partial charge >= 0.3 is 0 Å². The number of aryl methyl sites for hydroxylation is 1. The van der Waals surface area contributed by atoms with Crippen LogP contribution in [-0.4, -0.2) is 45.2 Å². The summed E-state index contributed by atoms with van der Waals surface area (Å²) in [5, 5.41) is 8.22. The minimum absolute atomic E-state index is 0.227. The lowest BCUT2D eigenvalue weighted by atomic mass is 9.85. The number of aromatic nitrogens is 3. The van der Waals surface area contributed by atoms with Crippen LogP contribution >= 0.6 is 11.6 Å². The molecule has 0 N–H and O–H groups in total. The molecule has 166 valence electrons. The van der Waals surface area contributed by atoms with Crippen LogP contribution in [0.15, 0.2) is 48.8 Å². The number of carbonyl (C=O) groups is 1. The topological polar surface area (TPSA) is 68.2 Å². The SMILES string of the molecule is Cc1cc(C(=O)N2CC(c3ccc(F)cc3F)C(C(C)Oc3ccc(Cl)cn3)C2)cnn1. The fourth-order valence-corrected chi connectivity index (χ4v) is 4.20. The molecular weight excluding hydrogens is 438 g/mol. The molecule has 1 aromatic carbocycles. The van der Waals surface area contributed by atoms with Crippen molar-refractivity contribution in [3.05, 3.63) is 82.3 Å². The number of rotatable bonds is 5. The second-order valence-corrected chi connectivity index (χ2v) is 8.31. The fraction of sp³-hybridized carbons (Fsp3) is 0.304. The van der Waals surface area contributed by atoms with Gasteiger partial charge in [0, 0.05) is 43.3 Å². The van der Waals surface area contributed by atoms with E-state index in [1.165, 1.54) is 24.5 Å². The molecule has 3 unspecified atom stereocenters. The van der Waals surface area contributed by atoms with Gasteiger partial charge in [-0.3, -0.25) is 4.79 Å². The van der Waals surface area contributed by atoms with Gasteiger partial charge in [-0.05, 0) is 37.6 Å². The largest absolute Gasteiger partial charge is 0.474 e. The molecular formula is C23H21ClF2N4O2. The number of hydrogen-bond acceptors (Lipinski definition) is 5. The molecule has 1 aliphatic heterocycles. The number of nitrogens with zero attached hydrogens (tertiary/aromatic N) is 4. The smallest absolute Gasteiger partial charge is 0.255 e. The van der Waals surface area contributed by atoms with E-state index in [1.807, 2.05) is 6.92 Å². The second kappa shape index (κ2) is 9.16. The first-order chi connectivity index (χ1) is 15.3. The molecule has 1 amide bonds. The summed E-state index contributed by atoms with van der Waals surface area (Å²) in [5.74, 6) is -1.80. The van der Waals surface area contributed by atoms with Crippen LogP contribution < -0.4 is 4.74 Å². The van der Waals surface area contributed by atoms with Crippen LogP contribution in [-0.2, 0) is 0 Å². The number of pyridine rings is 1. The van der Waals surface area contributed by atoms with Crippen molar-refractivity contribution in [2.24, 2.45) is 5.92 Å². The Hall–Kier alpha value is -3.13. The summed E-state index contributed by atoms with van der Waals surface area (Å²) in [6.07, 6.45) is 2.48. The lowest BCUT2D eigenvalue weighted by molar-refractivity contribution is 0.0769. The third kappa shape index (κ3) is 4.70. The van der Waals surface area contributed by atoms with E-state index in [2.05, 4.69) is 15.2 Å². The first kappa shape index (κ1) is 22.1. The molecule has 3 atom stereocenters. The van der Waals surface area contributed by atoms with Crippen LogP contribution in [0.3, 0.4) is 0 Å². The average molecular weight is 459 g/mol. The molecule has 9 heteroatoms. The zero-order valence-electron chi connectivity index (χ0n) is 17.5. The van der Waals surface area contributed by atoms with Crippen LogP contribution in [0.4, 0.5) is 8.78 Å². The van der Waals surface area contributed by atoms with Crippen molar-refractivity contribution >= 4 is 17.5 Å². The third-order valence-electron chi connectivity index (χ3n) is 5.65. The van der Waals surface area contributed by atoms with E-state index in [9.17, 15) is 13.6 Å². The number of likely N-dealkylation sites (tertiary alicyclic amines) is 1. The molecule has 6 nitrogen and oxygen atoms in total. The lowest BCUT2D eigenvalue weighted by Gasteiger charge is -2.25. The molecule has 1 fully saturated rings. The van der Waals surface area contributed by atoms with Gasteiger partial charge in [0.15, 0.2) is 0 Å². The van der Waals surface area contributed by atoms with Crippen molar-refractivity contribution in [1.29, 1.82) is 0 Å². The van der Waals surface area contributed by atoms with E-state index in [4.69, 9.17) is 16.3 Å². The van der Waals surface area contributed by atoms with Crippen molar-refractivity contribution in [2.45, 2.75) is 25.9 Å². The second-order valence-electron chi connectivity index (χ2n) is 7.87. The summed E-state index contributed by atoms with van der Waals surface area (Å²) < 4.78 is 34.2. The molecule has 4 rings (SSSR count). The van der Waals surface area contributed by atoms with Crippen LogP contribution in [0, 0.1) is 24.5 Å². The van der Waals surface area contributed by atoms with E-state index >= 15 is 0 Å². The van der Waals surface area contributed by atoms with Gasteiger partial charge in [0.1, 0.15) is 17.7 Å². The van der Waals surface area contributed by atoms with Gasteiger partial charge in [0.25, 0.3) is 5.91 Å². The standard InChI is InChI=1S/C23H21ClF2N4O2/c1-13-7-15(9-28-29-13)23(31)30-11-19(14(2)32-22-6-3-16(24)10-27-22)20(12-30)18-5-4-17(25)8-21(18)26/h3-10,14,19-20H,11-12H2,1-2H3. The van der Waals surface area contributed by atoms with Crippen molar-refractivity contribution < 1.29 is 18.3 Å². The highest BCUT2D eigenvalue weighted by atomic mass is 35.5. The van der Waals surface area contributed by atoms with Crippen molar-refractivity contribution in [2.75, 3.05) is 13.1 Å². The van der Waals surface area contributed by atoms with E-state index in [-0.39, 0.29) is 18.4 Å². The van der Waals surface area contributed by atoms with Crippen LogP contribution in [0.1, 0.15) is 34.5 Å². The molecule has 3 aromatic rings. The Bertz CT molecular complexity index is 1130. The lowest BCUT2D eigenvalue weighted by Crippen LogP contribution is -2.32. The summed E-state index contributed by atoms with van der Waals surface area (Å²) in [4.78, 5) is 18.9. The fourth-order valence-electron chi connectivity index (χ4n) is 4.08. The molecule has 2 aromatic heterocycles. The number of benzene rings is 1. The quantitative estimate of drug-likeness (QED) is 0.565. The summed E-state index contributed by atoms with van der Waals surface area (Å²) in [7, 11) is 0.